The van der Waals surface area contributed by atoms with E-state index in [0.717, 1.165) is 48.1 Å². The minimum atomic E-state index is 0.791. The number of unbranched alkanes of at least 4 members (excludes halogenated alkanes) is 2. The Balaban J connectivity index is 1.59. The van der Waals surface area contributed by atoms with Crippen molar-refractivity contribution in [3.63, 3.8) is 0 Å². The number of hydrogen-bond acceptors (Lipinski definition) is 2. The average molecular weight is 313 g/mol. The Hall–Kier alpha value is -0.770. The quantitative estimate of drug-likeness (QED) is 0.781. The first-order chi connectivity index (χ1) is 10.2. The van der Waals surface area contributed by atoms with E-state index in [1.165, 1.54) is 32.5 Å². The highest BCUT2D eigenvalue weighted by Gasteiger charge is 2.12. The molecule has 0 bridgehead atoms. The molecule has 2 rings (SSSR count). The minimum Gasteiger partial charge on any atom is -0.494 e. The number of nitrogens with one attached hydrogen (secondary N) is 1. The number of halogens is 1. The van der Waals surface area contributed by atoms with E-state index in [1.807, 2.05) is 26.0 Å². The smallest absolute Gasteiger partial charge is 0.119 e. The van der Waals surface area contributed by atoms with Gasteiger partial charge < -0.3 is 14.4 Å². The van der Waals surface area contributed by atoms with Crippen molar-refractivity contribution in [3.8, 4) is 5.75 Å². The van der Waals surface area contributed by atoms with Gasteiger partial charge in [-0.2, -0.15) is 0 Å². The number of aryl methyl sites for hydroxylation is 2. The van der Waals surface area contributed by atoms with Gasteiger partial charge in [-0.15, -0.1) is 0 Å². The zero-order valence-electron chi connectivity index (χ0n) is 13.2. The molecule has 0 atom stereocenters. The number of rotatable bonds is 7. The van der Waals surface area contributed by atoms with Crippen molar-refractivity contribution in [2.75, 3.05) is 39.5 Å². The van der Waals surface area contributed by atoms with E-state index in [9.17, 15) is 0 Å². The summed E-state index contributed by atoms with van der Waals surface area (Å²) in [6.45, 7) is 10.3. The van der Waals surface area contributed by atoms with Crippen molar-refractivity contribution in [3.05, 3.63) is 28.3 Å². The predicted octanol–water partition coefficient (Wildman–Crippen LogP) is 2.42. The molecule has 1 aromatic carbocycles. The molecule has 0 aliphatic carbocycles. The third-order valence-electron chi connectivity index (χ3n) is 4.05. The van der Waals surface area contributed by atoms with Crippen LogP contribution in [0.15, 0.2) is 12.1 Å². The van der Waals surface area contributed by atoms with E-state index in [4.69, 9.17) is 21.1 Å². The third kappa shape index (κ3) is 5.50. The maximum absolute atomic E-state index is 6.16. The fourth-order valence-electron chi connectivity index (χ4n) is 2.74. The molecule has 1 aromatic rings. The van der Waals surface area contributed by atoms with Crippen LogP contribution in [0, 0.1) is 13.8 Å². The summed E-state index contributed by atoms with van der Waals surface area (Å²) in [5.74, 6) is 0.938. The molecular formula is C17H27ClNO2+. The Labute approximate surface area is 133 Å². The van der Waals surface area contributed by atoms with E-state index >= 15 is 0 Å². The van der Waals surface area contributed by atoms with Crippen LogP contribution in [0.3, 0.4) is 0 Å². The van der Waals surface area contributed by atoms with Crippen LogP contribution in [0.25, 0.3) is 0 Å². The summed E-state index contributed by atoms with van der Waals surface area (Å²) in [5.41, 5.74) is 2.17. The molecule has 21 heavy (non-hydrogen) atoms. The second kappa shape index (κ2) is 8.62. The van der Waals surface area contributed by atoms with Crippen LogP contribution in [0.5, 0.6) is 5.75 Å². The average Bonchev–Trinajstić information content (AvgIpc) is 2.49. The van der Waals surface area contributed by atoms with Crippen molar-refractivity contribution in [2.24, 2.45) is 0 Å². The fraction of sp³-hybridized carbons (Fsp3) is 0.647. The van der Waals surface area contributed by atoms with Crippen LogP contribution in [0.4, 0.5) is 0 Å². The lowest BCUT2D eigenvalue weighted by Gasteiger charge is -2.23. The van der Waals surface area contributed by atoms with E-state index in [-0.39, 0.29) is 0 Å². The van der Waals surface area contributed by atoms with Gasteiger partial charge in [0.2, 0.25) is 0 Å². The van der Waals surface area contributed by atoms with Gasteiger partial charge in [0.25, 0.3) is 0 Å². The number of quaternary nitrogens is 1. The summed E-state index contributed by atoms with van der Waals surface area (Å²) in [7, 11) is 0. The van der Waals surface area contributed by atoms with Crippen molar-refractivity contribution in [1.29, 1.82) is 0 Å². The van der Waals surface area contributed by atoms with Gasteiger partial charge in [-0.3, -0.25) is 0 Å². The van der Waals surface area contributed by atoms with Gasteiger partial charge in [0, 0.05) is 5.02 Å². The van der Waals surface area contributed by atoms with Gasteiger partial charge in [0.15, 0.2) is 0 Å². The molecule has 118 valence electrons. The molecule has 0 spiro atoms. The van der Waals surface area contributed by atoms with E-state index in [0.29, 0.717) is 0 Å². The SMILES string of the molecule is Cc1cc(OCCCCC[NH+]2CCOCC2)cc(C)c1Cl. The molecular weight excluding hydrogens is 286 g/mol. The van der Waals surface area contributed by atoms with Gasteiger partial charge in [0.1, 0.15) is 18.8 Å². The first kappa shape index (κ1) is 16.6. The van der Waals surface area contributed by atoms with Crippen molar-refractivity contribution in [2.45, 2.75) is 33.1 Å². The molecule has 1 aliphatic heterocycles. The van der Waals surface area contributed by atoms with Gasteiger partial charge >= 0.3 is 0 Å². The zero-order valence-corrected chi connectivity index (χ0v) is 14.0. The topological polar surface area (TPSA) is 22.9 Å². The van der Waals surface area contributed by atoms with Crippen LogP contribution in [0.1, 0.15) is 30.4 Å². The standard InChI is InChI=1S/C17H26ClNO2/c1-14-12-16(13-15(2)17(14)18)21-9-5-3-4-6-19-7-10-20-11-8-19/h12-13H,3-11H2,1-2H3/p+1. The van der Waals surface area contributed by atoms with Crippen molar-refractivity contribution in [1.82, 2.24) is 0 Å². The lowest BCUT2D eigenvalue weighted by Crippen LogP contribution is -3.14. The van der Waals surface area contributed by atoms with E-state index < -0.39 is 0 Å². The Morgan fingerprint density at radius 3 is 2.43 bits per heavy atom. The molecule has 1 N–H and O–H groups in total. The molecule has 1 saturated heterocycles. The Morgan fingerprint density at radius 2 is 1.76 bits per heavy atom. The summed E-state index contributed by atoms with van der Waals surface area (Å²) in [6, 6.07) is 4.04. The highest BCUT2D eigenvalue weighted by Crippen LogP contribution is 2.25. The second-order valence-corrected chi connectivity index (χ2v) is 6.27. The molecule has 0 amide bonds. The first-order valence-corrected chi connectivity index (χ1v) is 8.35. The van der Waals surface area contributed by atoms with E-state index in [1.54, 1.807) is 4.90 Å². The zero-order chi connectivity index (χ0) is 15.1. The minimum absolute atomic E-state index is 0.791. The normalized spacial score (nSPS) is 16.1. The van der Waals surface area contributed by atoms with E-state index in [2.05, 4.69) is 0 Å². The molecule has 1 heterocycles. The molecule has 0 unspecified atom stereocenters. The lowest BCUT2D eigenvalue weighted by molar-refractivity contribution is -0.908. The molecule has 4 heteroatoms. The number of morpholine rings is 1. The largest absolute Gasteiger partial charge is 0.494 e. The third-order valence-corrected chi connectivity index (χ3v) is 4.65. The summed E-state index contributed by atoms with van der Waals surface area (Å²) in [6.07, 6.45) is 3.62. The molecule has 0 radical (unpaired) electrons. The summed E-state index contributed by atoms with van der Waals surface area (Å²) in [4.78, 5) is 1.69. The summed E-state index contributed by atoms with van der Waals surface area (Å²) < 4.78 is 11.2. The molecule has 3 nitrogen and oxygen atoms in total. The first-order valence-electron chi connectivity index (χ1n) is 7.97. The maximum atomic E-state index is 6.16. The van der Waals surface area contributed by atoms with Gasteiger partial charge in [-0.25, -0.2) is 0 Å². The molecule has 0 aromatic heterocycles. The van der Waals surface area contributed by atoms with Crippen LogP contribution >= 0.6 is 11.6 Å². The van der Waals surface area contributed by atoms with Crippen LogP contribution in [0.2, 0.25) is 5.02 Å². The molecule has 0 saturated carbocycles. The fourth-order valence-corrected chi connectivity index (χ4v) is 2.85. The second-order valence-electron chi connectivity index (χ2n) is 5.89. The summed E-state index contributed by atoms with van der Waals surface area (Å²) >= 11 is 6.16. The lowest BCUT2D eigenvalue weighted by atomic mass is 10.1. The van der Waals surface area contributed by atoms with Crippen molar-refractivity contribution < 1.29 is 14.4 Å². The van der Waals surface area contributed by atoms with Crippen molar-refractivity contribution >= 4 is 11.6 Å². The Morgan fingerprint density at radius 1 is 1.10 bits per heavy atom. The number of benzene rings is 1. The van der Waals surface area contributed by atoms with Gasteiger partial charge in [-0.1, -0.05) is 11.6 Å². The van der Waals surface area contributed by atoms with Crippen LogP contribution < -0.4 is 9.64 Å². The Kier molecular flexibility index (Phi) is 6.81. The van der Waals surface area contributed by atoms with Crippen LogP contribution in [-0.2, 0) is 4.74 Å². The monoisotopic (exact) mass is 312 g/mol. The highest BCUT2D eigenvalue weighted by atomic mass is 35.5. The molecule has 1 aliphatic rings. The van der Waals surface area contributed by atoms with Gasteiger partial charge in [0.05, 0.1) is 26.4 Å². The van der Waals surface area contributed by atoms with Crippen LogP contribution in [-0.4, -0.2) is 39.5 Å². The number of ether oxygens (including phenoxy) is 2. The maximum Gasteiger partial charge on any atom is 0.119 e. The summed E-state index contributed by atoms with van der Waals surface area (Å²) in [5, 5.41) is 0.843. The predicted molar refractivity (Wildman–Crippen MR) is 86.7 cm³/mol. The highest BCUT2D eigenvalue weighted by molar-refractivity contribution is 6.32. The molecule has 1 fully saturated rings. The number of hydrogen-bond donors (Lipinski definition) is 1. The Bertz CT molecular complexity index is 421. The van der Waals surface area contributed by atoms with Gasteiger partial charge in [-0.05, 0) is 56.4 Å².